The molecule has 0 radical (unpaired) electrons. The van der Waals surface area contributed by atoms with E-state index in [1.54, 1.807) is 36.4 Å². The van der Waals surface area contributed by atoms with Crippen molar-refractivity contribution in [1.29, 1.82) is 0 Å². The minimum absolute atomic E-state index is 0.119. The third-order valence-corrected chi connectivity index (χ3v) is 5.28. The van der Waals surface area contributed by atoms with E-state index in [9.17, 15) is 8.42 Å². The molecule has 0 spiro atoms. The molecule has 25 heavy (non-hydrogen) atoms. The maximum Gasteiger partial charge on any atom is 0.262 e. The number of halogens is 1. The second kappa shape index (κ2) is 9.03. The molecule has 8 heteroatoms. The molecular weight excluding hydrogens is 378 g/mol. The van der Waals surface area contributed by atoms with Gasteiger partial charge in [0.1, 0.15) is 0 Å². The molecule has 0 saturated heterocycles. The summed E-state index contributed by atoms with van der Waals surface area (Å²) < 4.78 is 27.6. The number of anilines is 2. The standard InChI is InChI=1S/C17H20ClN3O2S2/c1-2-3-11-19-17(24)20-13-7-6-8-14(12-13)25(22,23)21-16-10-5-4-9-15(16)18/h4-10,12,21H,2-3,11H2,1H3,(H2,19,20,24). The summed E-state index contributed by atoms with van der Waals surface area (Å²) in [4.78, 5) is 0.119. The number of sulfonamides is 1. The first-order valence-electron chi connectivity index (χ1n) is 7.84. The minimum Gasteiger partial charge on any atom is -0.362 e. The van der Waals surface area contributed by atoms with Gasteiger partial charge in [-0.2, -0.15) is 0 Å². The van der Waals surface area contributed by atoms with Gasteiger partial charge in [-0.25, -0.2) is 8.42 Å². The highest BCUT2D eigenvalue weighted by atomic mass is 35.5. The maximum atomic E-state index is 12.6. The van der Waals surface area contributed by atoms with Crippen molar-refractivity contribution in [2.45, 2.75) is 24.7 Å². The number of para-hydroxylation sites is 1. The van der Waals surface area contributed by atoms with Crippen LogP contribution in [0, 0.1) is 0 Å². The lowest BCUT2D eigenvalue weighted by Crippen LogP contribution is -2.29. The van der Waals surface area contributed by atoms with E-state index in [1.165, 1.54) is 12.1 Å². The van der Waals surface area contributed by atoms with Crippen LogP contribution in [0.15, 0.2) is 53.4 Å². The molecule has 0 aliphatic heterocycles. The average molecular weight is 398 g/mol. The summed E-state index contributed by atoms with van der Waals surface area (Å²) in [6.07, 6.45) is 2.08. The molecule has 0 bridgehead atoms. The average Bonchev–Trinajstić information content (AvgIpc) is 2.57. The number of rotatable bonds is 7. The van der Waals surface area contributed by atoms with Gasteiger partial charge in [0, 0.05) is 12.2 Å². The van der Waals surface area contributed by atoms with E-state index in [0.717, 1.165) is 19.4 Å². The summed E-state index contributed by atoms with van der Waals surface area (Å²) in [6.45, 7) is 2.87. The Hall–Kier alpha value is -1.83. The Balaban J connectivity index is 2.11. The highest BCUT2D eigenvalue weighted by molar-refractivity contribution is 7.92. The van der Waals surface area contributed by atoms with Crippen LogP contribution in [-0.4, -0.2) is 20.1 Å². The van der Waals surface area contributed by atoms with Crippen molar-refractivity contribution >= 4 is 50.3 Å². The first-order valence-corrected chi connectivity index (χ1v) is 10.1. The van der Waals surface area contributed by atoms with Gasteiger partial charge in [0.15, 0.2) is 5.11 Å². The second-order valence-electron chi connectivity index (χ2n) is 5.35. The van der Waals surface area contributed by atoms with E-state index in [4.69, 9.17) is 23.8 Å². The molecule has 0 unspecified atom stereocenters. The van der Waals surface area contributed by atoms with Gasteiger partial charge >= 0.3 is 0 Å². The van der Waals surface area contributed by atoms with E-state index in [0.29, 0.717) is 21.5 Å². The van der Waals surface area contributed by atoms with Crippen LogP contribution in [0.2, 0.25) is 5.02 Å². The highest BCUT2D eigenvalue weighted by Crippen LogP contribution is 2.24. The summed E-state index contributed by atoms with van der Waals surface area (Å²) in [6, 6.07) is 13.1. The summed E-state index contributed by atoms with van der Waals surface area (Å²) in [7, 11) is -3.75. The summed E-state index contributed by atoms with van der Waals surface area (Å²) in [5.74, 6) is 0. The third-order valence-electron chi connectivity index (χ3n) is 3.34. The smallest absolute Gasteiger partial charge is 0.262 e. The minimum atomic E-state index is -3.75. The van der Waals surface area contributed by atoms with Crippen LogP contribution in [0.25, 0.3) is 0 Å². The predicted octanol–water partition coefficient (Wildman–Crippen LogP) is 4.23. The maximum absolute atomic E-state index is 12.6. The monoisotopic (exact) mass is 397 g/mol. The first-order chi connectivity index (χ1) is 11.9. The molecule has 0 aromatic heterocycles. The lowest BCUT2D eigenvalue weighted by atomic mass is 10.3. The third kappa shape index (κ3) is 5.88. The fourth-order valence-electron chi connectivity index (χ4n) is 2.04. The fraction of sp³-hybridized carbons (Fsp3) is 0.235. The van der Waals surface area contributed by atoms with Gasteiger partial charge in [0.25, 0.3) is 10.0 Å². The molecule has 0 aliphatic rings. The van der Waals surface area contributed by atoms with Crippen molar-refractivity contribution in [1.82, 2.24) is 5.32 Å². The van der Waals surface area contributed by atoms with Crippen LogP contribution in [0.5, 0.6) is 0 Å². The molecule has 5 nitrogen and oxygen atoms in total. The summed E-state index contributed by atoms with van der Waals surface area (Å²) in [5.41, 5.74) is 0.926. The van der Waals surface area contributed by atoms with Gasteiger partial charge in [-0.1, -0.05) is 43.1 Å². The SMILES string of the molecule is CCCCNC(=S)Nc1cccc(S(=O)(=O)Nc2ccccc2Cl)c1. The van der Waals surface area contributed by atoms with Crippen molar-refractivity contribution in [3.63, 3.8) is 0 Å². The molecule has 2 rings (SSSR count). The zero-order valence-corrected chi connectivity index (χ0v) is 16.1. The molecule has 0 fully saturated rings. The Morgan fingerprint density at radius 3 is 2.64 bits per heavy atom. The number of hydrogen-bond donors (Lipinski definition) is 3. The van der Waals surface area contributed by atoms with E-state index < -0.39 is 10.0 Å². The molecule has 0 atom stereocenters. The van der Waals surface area contributed by atoms with Crippen LogP contribution in [0.1, 0.15) is 19.8 Å². The van der Waals surface area contributed by atoms with Gasteiger partial charge in [0.05, 0.1) is 15.6 Å². The number of hydrogen-bond acceptors (Lipinski definition) is 3. The fourth-order valence-corrected chi connectivity index (χ4v) is 3.63. The van der Waals surface area contributed by atoms with Crippen molar-refractivity contribution in [2.75, 3.05) is 16.6 Å². The summed E-state index contributed by atoms with van der Waals surface area (Å²) >= 11 is 11.2. The molecule has 0 aliphatic carbocycles. The molecule has 0 saturated carbocycles. The van der Waals surface area contributed by atoms with Crippen LogP contribution in [0.3, 0.4) is 0 Å². The van der Waals surface area contributed by atoms with E-state index in [1.807, 2.05) is 0 Å². The van der Waals surface area contributed by atoms with Crippen molar-refractivity contribution < 1.29 is 8.42 Å². The number of benzene rings is 2. The number of thiocarbonyl (C=S) groups is 1. The van der Waals surface area contributed by atoms with Crippen LogP contribution in [-0.2, 0) is 10.0 Å². The number of unbranched alkanes of at least 4 members (excludes halogenated alkanes) is 1. The lowest BCUT2D eigenvalue weighted by molar-refractivity contribution is 0.601. The number of nitrogens with one attached hydrogen (secondary N) is 3. The molecule has 2 aromatic rings. The van der Waals surface area contributed by atoms with Crippen LogP contribution in [0.4, 0.5) is 11.4 Å². The molecule has 3 N–H and O–H groups in total. The van der Waals surface area contributed by atoms with E-state index in [2.05, 4.69) is 22.3 Å². The quantitative estimate of drug-likeness (QED) is 0.481. The first kappa shape index (κ1) is 19.5. The predicted molar refractivity (Wildman–Crippen MR) is 108 cm³/mol. The lowest BCUT2D eigenvalue weighted by Gasteiger charge is -2.13. The van der Waals surface area contributed by atoms with Crippen molar-refractivity contribution in [3.05, 3.63) is 53.6 Å². The Bertz CT molecular complexity index is 841. The normalized spacial score (nSPS) is 11.0. The van der Waals surface area contributed by atoms with E-state index >= 15 is 0 Å². The van der Waals surface area contributed by atoms with Gasteiger partial charge in [-0.3, -0.25) is 4.72 Å². The zero-order valence-electron chi connectivity index (χ0n) is 13.8. The van der Waals surface area contributed by atoms with Gasteiger partial charge < -0.3 is 10.6 Å². The highest BCUT2D eigenvalue weighted by Gasteiger charge is 2.16. The molecular formula is C17H20ClN3O2S2. The Kier molecular flexibility index (Phi) is 7.04. The van der Waals surface area contributed by atoms with Crippen molar-refractivity contribution in [2.24, 2.45) is 0 Å². The Labute approximate surface area is 158 Å². The molecule has 0 heterocycles. The summed E-state index contributed by atoms with van der Waals surface area (Å²) in [5, 5.41) is 6.86. The second-order valence-corrected chi connectivity index (χ2v) is 7.85. The van der Waals surface area contributed by atoms with Crippen LogP contribution < -0.4 is 15.4 Å². The van der Waals surface area contributed by atoms with Crippen molar-refractivity contribution in [3.8, 4) is 0 Å². The molecule has 0 amide bonds. The topological polar surface area (TPSA) is 70.2 Å². The largest absolute Gasteiger partial charge is 0.362 e. The Morgan fingerprint density at radius 2 is 1.92 bits per heavy atom. The Morgan fingerprint density at radius 1 is 1.16 bits per heavy atom. The van der Waals surface area contributed by atoms with E-state index in [-0.39, 0.29) is 4.90 Å². The molecule has 2 aromatic carbocycles. The van der Waals surface area contributed by atoms with Crippen LogP contribution >= 0.6 is 23.8 Å². The van der Waals surface area contributed by atoms with Gasteiger partial charge in [-0.05, 0) is 49.0 Å². The van der Waals surface area contributed by atoms with Gasteiger partial charge in [0.2, 0.25) is 0 Å². The molecule has 134 valence electrons. The zero-order chi connectivity index (χ0) is 18.3. The van der Waals surface area contributed by atoms with Gasteiger partial charge in [-0.15, -0.1) is 0 Å².